The molecule has 0 saturated carbocycles. The fraction of sp³-hybridized carbons (Fsp3) is 0.455. The first-order chi connectivity index (χ1) is 20.8. The molecule has 1 aliphatic rings. The van der Waals surface area contributed by atoms with Crippen LogP contribution in [0.3, 0.4) is 0 Å². The van der Waals surface area contributed by atoms with Crippen molar-refractivity contribution in [3.63, 3.8) is 0 Å². The van der Waals surface area contributed by atoms with Crippen LogP contribution in [0.1, 0.15) is 57.8 Å². The summed E-state index contributed by atoms with van der Waals surface area (Å²) in [4.78, 5) is 29.2. The van der Waals surface area contributed by atoms with Gasteiger partial charge < -0.3 is 0 Å². The molecule has 2 rings (SSSR count). The standard InChI is InChI=1S/C27H30Se6.C6H5NO2/c1-4-16-28-22-10-12-24-30-18-6-2-8-20-32-26-14-15-27-33-21-9-3-7-19-31-25-13-11-23-29-17-5-1;8-7(9)6-4-2-1-3-5-6/h1-9,16-21H2;1-5H. The maximum atomic E-state index is 10.0. The zero-order chi connectivity index (χ0) is 30.0. The molecule has 0 saturated heterocycles. The molecule has 0 N–H and O–H groups in total. The molecule has 1 aromatic carbocycles. The third kappa shape index (κ3) is 29.2. The minimum Gasteiger partial charge on any atom is -0.258 e. The smallest absolute Gasteiger partial charge is 0.258 e. The minimum absolute atomic E-state index is 0.137. The number of hydrogen-bond acceptors (Lipinski definition) is 2. The second-order valence-electron chi connectivity index (χ2n) is 8.23. The minimum atomic E-state index is -0.417. The van der Waals surface area contributed by atoms with Crippen molar-refractivity contribution in [3.05, 3.63) is 40.4 Å². The van der Waals surface area contributed by atoms with Gasteiger partial charge >= 0.3 is 244 Å². The normalized spacial score (nSPS) is 16.2. The van der Waals surface area contributed by atoms with E-state index >= 15 is 0 Å². The number of non-ortho nitro benzene ring substituents is 1. The first kappa shape index (κ1) is 39.1. The molecule has 0 atom stereocenters. The molecule has 0 spiro atoms. The molecular weight excluding hydrogens is 916 g/mol. The van der Waals surface area contributed by atoms with Crippen molar-refractivity contribution in [2.45, 2.75) is 89.7 Å². The largest absolute Gasteiger partial charge is 0.269 e. The van der Waals surface area contributed by atoms with Crippen molar-refractivity contribution in [2.75, 3.05) is 0 Å². The molecule has 0 bridgehead atoms. The fourth-order valence-corrected chi connectivity index (χ4v) is 10.0. The molecule has 1 heterocycles. The van der Waals surface area contributed by atoms with Gasteiger partial charge in [0, 0.05) is 12.1 Å². The quantitative estimate of drug-likeness (QED) is 0.159. The molecule has 0 aromatic heterocycles. The summed E-state index contributed by atoms with van der Waals surface area (Å²) >= 11 is 2.66. The molecule has 0 unspecified atom stereocenters. The van der Waals surface area contributed by atoms with Crippen LogP contribution in [0.15, 0.2) is 30.3 Å². The van der Waals surface area contributed by atoms with E-state index < -0.39 is 4.92 Å². The van der Waals surface area contributed by atoms with Gasteiger partial charge in [-0.1, -0.05) is 18.2 Å². The Bertz CT molecular complexity index is 1060. The number of hydrogen-bond donors (Lipinski definition) is 0. The van der Waals surface area contributed by atoms with Crippen LogP contribution in [-0.2, 0) is 0 Å². The van der Waals surface area contributed by atoms with Gasteiger partial charge in [0.1, 0.15) is 0 Å². The zero-order valence-corrected chi connectivity index (χ0v) is 34.0. The van der Waals surface area contributed by atoms with Crippen molar-refractivity contribution < 1.29 is 4.92 Å². The maximum Gasteiger partial charge on any atom is 0.269 e. The third-order valence-electron chi connectivity index (χ3n) is 4.87. The molecular formula is C33H35NO2Se6. The van der Waals surface area contributed by atoms with E-state index in [-0.39, 0.29) is 5.69 Å². The van der Waals surface area contributed by atoms with Crippen molar-refractivity contribution in [1.82, 2.24) is 0 Å². The van der Waals surface area contributed by atoms with Crippen LogP contribution in [0.2, 0.25) is 31.9 Å². The average molecular weight is 951 g/mol. The predicted octanol–water partition coefficient (Wildman–Crippen LogP) is 5.61. The van der Waals surface area contributed by atoms with Gasteiger partial charge in [0.05, 0.1) is 4.92 Å². The molecule has 0 aliphatic carbocycles. The molecule has 42 heavy (non-hydrogen) atoms. The SMILES string of the molecule is C1#C[Se]CCCCC[Se]C#CC#C[Se]CCCCC[Se]C#CC#C[Se]CCCCC[Se]C#C1.O=[N+]([O-])c1ccccc1. The van der Waals surface area contributed by atoms with Crippen LogP contribution in [0, 0.1) is 74.6 Å². The molecule has 0 amide bonds. The Morgan fingerprint density at radius 3 is 0.929 bits per heavy atom. The van der Waals surface area contributed by atoms with E-state index in [9.17, 15) is 10.1 Å². The Labute approximate surface area is 292 Å². The Kier molecular flexibility index (Phi) is 30.7. The van der Waals surface area contributed by atoms with Gasteiger partial charge in [-0.2, -0.15) is 0 Å². The Hall–Kier alpha value is -0.903. The van der Waals surface area contributed by atoms with E-state index in [1.807, 2.05) is 0 Å². The molecule has 1 aliphatic heterocycles. The fourth-order valence-electron chi connectivity index (χ4n) is 2.80. The van der Waals surface area contributed by atoms with E-state index in [2.05, 4.69) is 64.4 Å². The summed E-state index contributed by atoms with van der Waals surface area (Å²) in [7, 11) is 0. The number of nitro groups is 1. The Balaban J connectivity index is 0.000000827. The number of nitro benzene ring substituents is 1. The first-order valence-corrected chi connectivity index (χ1v) is 26.1. The summed E-state index contributed by atoms with van der Waals surface area (Å²) in [5.74, 6) is 18.4. The third-order valence-corrected chi connectivity index (χ3v) is 14.2. The molecule has 9 heteroatoms. The number of benzene rings is 1. The van der Waals surface area contributed by atoms with Gasteiger partial charge in [-0.3, -0.25) is 10.1 Å². The van der Waals surface area contributed by atoms with E-state index in [0.717, 1.165) is 0 Å². The maximum absolute atomic E-state index is 10.0. The monoisotopic (exact) mass is 957 g/mol. The summed E-state index contributed by atoms with van der Waals surface area (Å²) < 4.78 is 0. The zero-order valence-electron chi connectivity index (χ0n) is 23.7. The Morgan fingerprint density at radius 2 is 0.714 bits per heavy atom. The second-order valence-corrected chi connectivity index (χ2v) is 19.6. The van der Waals surface area contributed by atoms with E-state index in [1.54, 1.807) is 18.2 Å². The summed E-state index contributed by atoms with van der Waals surface area (Å²) in [5, 5.41) is 17.6. The average Bonchev–Trinajstić information content (AvgIpc) is 3.01. The predicted molar refractivity (Wildman–Crippen MR) is 185 cm³/mol. The summed E-state index contributed by atoms with van der Waals surface area (Å²) in [6.45, 7) is 0. The molecule has 3 nitrogen and oxygen atoms in total. The van der Waals surface area contributed by atoms with Gasteiger partial charge in [0.15, 0.2) is 0 Å². The van der Waals surface area contributed by atoms with Crippen LogP contribution in [0.4, 0.5) is 5.69 Å². The van der Waals surface area contributed by atoms with Gasteiger partial charge in [0.2, 0.25) is 0 Å². The van der Waals surface area contributed by atoms with Gasteiger partial charge in [-0.05, 0) is 0 Å². The van der Waals surface area contributed by atoms with Crippen LogP contribution in [-0.4, -0.2) is 94.7 Å². The van der Waals surface area contributed by atoms with Gasteiger partial charge in [0.25, 0.3) is 5.69 Å². The van der Waals surface area contributed by atoms with Crippen LogP contribution in [0.5, 0.6) is 0 Å². The van der Waals surface area contributed by atoms with E-state index in [1.165, 1.54) is 102 Å². The number of nitrogens with zero attached hydrogens (tertiary/aromatic N) is 1. The van der Waals surface area contributed by atoms with Crippen molar-refractivity contribution in [1.29, 1.82) is 0 Å². The molecule has 220 valence electrons. The van der Waals surface area contributed by atoms with Crippen molar-refractivity contribution in [2.24, 2.45) is 0 Å². The summed E-state index contributed by atoms with van der Waals surface area (Å²) in [6, 6.07) is 7.93. The first-order valence-electron chi connectivity index (χ1n) is 13.7. The topological polar surface area (TPSA) is 43.1 Å². The van der Waals surface area contributed by atoms with Crippen LogP contribution < -0.4 is 0 Å². The van der Waals surface area contributed by atoms with E-state index in [4.69, 9.17) is 0 Å². The van der Waals surface area contributed by atoms with Crippen molar-refractivity contribution in [3.8, 4) is 64.4 Å². The molecule has 1 aromatic rings. The van der Waals surface area contributed by atoms with E-state index in [0.29, 0.717) is 89.7 Å². The second kappa shape index (κ2) is 33.0. The Morgan fingerprint density at radius 1 is 0.452 bits per heavy atom. The summed E-state index contributed by atoms with van der Waals surface area (Å²) in [5.41, 5.74) is 0.137. The van der Waals surface area contributed by atoms with Crippen LogP contribution in [0.25, 0.3) is 0 Å². The number of para-hydroxylation sites is 1. The van der Waals surface area contributed by atoms with Gasteiger partial charge in [-0.25, -0.2) is 0 Å². The van der Waals surface area contributed by atoms with Gasteiger partial charge in [-0.15, -0.1) is 0 Å². The molecule has 0 radical (unpaired) electrons. The van der Waals surface area contributed by atoms with Crippen molar-refractivity contribution >= 4 is 95.4 Å². The molecule has 0 fully saturated rings. The van der Waals surface area contributed by atoms with Crippen LogP contribution >= 0.6 is 0 Å². The summed E-state index contributed by atoms with van der Waals surface area (Å²) in [6.07, 6.45) is 11.8. The number of rotatable bonds is 1.